The minimum atomic E-state index is -0.114. The smallest absolute Gasteiger partial charge is 0.0445 e. The molecule has 18 heavy (non-hydrogen) atoms. The Morgan fingerprint density at radius 3 is 2.50 bits per heavy atom. The minimum absolute atomic E-state index is 0.114. The Kier molecular flexibility index (Phi) is 6.33. The van der Waals surface area contributed by atoms with Gasteiger partial charge in [0.15, 0.2) is 0 Å². The zero-order chi connectivity index (χ0) is 13.4. The maximum absolute atomic E-state index is 9.06. The predicted molar refractivity (Wildman–Crippen MR) is 76.5 cm³/mol. The van der Waals surface area contributed by atoms with E-state index in [0.717, 1.165) is 19.3 Å². The van der Waals surface area contributed by atoms with Crippen LogP contribution in [-0.4, -0.2) is 29.8 Å². The normalized spacial score (nSPS) is 16.2. The van der Waals surface area contributed by atoms with Gasteiger partial charge in [0, 0.05) is 24.7 Å². The van der Waals surface area contributed by atoms with Gasteiger partial charge in [-0.15, -0.1) is 0 Å². The maximum atomic E-state index is 9.06. The highest BCUT2D eigenvalue weighted by Crippen LogP contribution is 2.14. The van der Waals surface area contributed by atoms with Crippen molar-refractivity contribution >= 4 is 0 Å². The Morgan fingerprint density at radius 1 is 1.33 bits per heavy atom. The van der Waals surface area contributed by atoms with E-state index in [2.05, 4.69) is 43.4 Å². The third-order valence-corrected chi connectivity index (χ3v) is 3.41. The number of aliphatic hydroxyl groups is 1. The SMILES string of the molecule is CCC(CCO)NC(C)(CN)Cc1ccccc1. The fourth-order valence-electron chi connectivity index (χ4n) is 2.26. The Bertz CT molecular complexity index is 329. The molecule has 1 aromatic carbocycles. The van der Waals surface area contributed by atoms with Crippen molar-refractivity contribution in [3.8, 4) is 0 Å². The third-order valence-electron chi connectivity index (χ3n) is 3.41. The first kappa shape index (κ1) is 15.2. The Hall–Kier alpha value is -0.900. The first-order valence-corrected chi connectivity index (χ1v) is 6.76. The summed E-state index contributed by atoms with van der Waals surface area (Å²) >= 11 is 0. The van der Waals surface area contributed by atoms with Gasteiger partial charge in [-0.1, -0.05) is 37.3 Å². The molecule has 0 amide bonds. The van der Waals surface area contributed by atoms with Crippen molar-refractivity contribution in [3.05, 3.63) is 35.9 Å². The largest absolute Gasteiger partial charge is 0.396 e. The monoisotopic (exact) mass is 250 g/mol. The van der Waals surface area contributed by atoms with Crippen molar-refractivity contribution in [1.82, 2.24) is 5.32 Å². The summed E-state index contributed by atoms with van der Waals surface area (Å²) in [6, 6.07) is 10.7. The number of hydrogen-bond acceptors (Lipinski definition) is 3. The summed E-state index contributed by atoms with van der Waals surface area (Å²) < 4.78 is 0. The molecule has 3 nitrogen and oxygen atoms in total. The lowest BCUT2D eigenvalue weighted by molar-refractivity contribution is 0.233. The molecule has 0 heterocycles. The van der Waals surface area contributed by atoms with Crippen LogP contribution in [0.2, 0.25) is 0 Å². The quantitative estimate of drug-likeness (QED) is 0.658. The van der Waals surface area contributed by atoms with Crippen molar-refractivity contribution in [1.29, 1.82) is 0 Å². The molecular weight excluding hydrogens is 224 g/mol. The lowest BCUT2D eigenvalue weighted by atomic mass is 9.91. The molecule has 0 spiro atoms. The third kappa shape index (κ3) is 4.77. The van der Waals surface area contributed by atoms with Crippen molar-refractivity contribution in [3.63, 3.8) is 0 Å². The summed E-state index contributed by atoms with van der Waals surface area (Å²) in [5.74, 6) is 0. The second-order valence-electron chi connectivity index (χ2n) is 5.19. The molecule has 2 unspecified atom stereocenters. The van der Waals surface area contributed by atoms with Gasteiger partial charge in [-0.2, -0.15) is 0 Å². The van der Waals surface area contributed by atoms with Gasteiger partial charge in [-0.25, -0.2) is 0 Å². The van der Waals surface area contributed by atoms with Crippen molar-refractivity contribution in [2.45, 2.75) is 44.7 Å². The van der Waals surface area contributed by atoms with Crippen LogP contribution in [0.5, 0.6) is 0 Å². The van der Waals surface area contributed by atoms with Gasteiger partial charge >= 0.3 is 0 Å². The van der Waals surface area contributed by atoms with Crippen LogP contribution >= 0.6 is 0 Å². The standard InChI is InChI=1S/C15H26N2O/c1-3-14(9-10-18)17-15(2,12-16)11-13-7-5-4-6-8-13/h4-8,14,17-18H,3,9-12,16H2,1-2H3. The van der Waals surface area contributed by atoms with E-state index >= 15 is 0 Å². The molecule has 0 bridgehead atoms. The zero-order valence-electron chi connectivity index (χ0n) is 11.5. The molecular formula is C15H26N2O. The van der Waals surface area contributed by atoms with Crippen LogP contribution in [0.3, 0.4) is 0 Å². The second kappa shape index (κ2) is 7.52. The molecule has 0 saturated carbocycles. The van der Waals surface area contributed by atoms with Gasteiger partial charge in [0.05, 0.1) is 0 Å². The summed E-state index contributed by atoms with van der Waals surface area (Å²) in [5.41, 5.74) is 7.10. The van der Waals surface area contributed by atoms with E-state index in [1.807, 2.05) is 6.07 Å². The van der Waals surface area contributed by atoms with Crippen LogP contribution in [0.1, 0.15) is 32.3 Å². The van der Waals surface area contributed by atoms with Crippen molar-refractivity contribution in [2.75, 3.05) is 13.2 Å². The number of aliphatic hydroxyl groups excluding tert-OH is 1. The molecule has 0 aliphatic heterocycles. The van der Waals surface area contributed by atoms with E-state index in [4.69, 9.17) is 10.8 Å². The molecule has 4 N–H and O–H groups in total. The highest BCUT2D eigenvalue weighted by molar-refractivity contribution is 5.18. The first-order chi connectivity index (χ1) is 8.63. The summed E-state index contributed by atoms with van der Waals surface area (Å²) in [6.45, 7) is 5.09. The van der Waals surface area contributed by atoms with Gasteiger partial charge in [-0.3, -0.25) is 0 Å². The van der Waals surface area contributed by atoms with Crippen LogP contribution in [0, 0.1) is 0 Å². The van der Waals surface area contributed by atoms with Gasteiger partial charge in [0.2, 0.25) is 0 Å². The Morgan fingerprint density at radius 2 is 2.00 bits per heavy atom. The minimum Gasteiger partial charge on any atom is -0.396 e. The van der Waals surface area contributed by atoms with E-state index in [0.29, 0.717) is 12.6 Å². The number of nitrogens with two attached hydrogens (primary N) is 1. The lowest BCUT2D eigenvalue weighted by Crippen LogP contribution is -2.54. The first-order valence-electron chi connectivity index (χ1n) is 6.76. The van der Waals surface area contributed by atoms with Gasteiger partial charge in [0.1, 0.15) is 0 Å². The molecule has 0 aliphatic carbocycles. The average molecular weight is 250 g/mol. The molecule has 3 heteroatoms. The highest BCUT2D eigenvalue weighted by Gasteiger charge is 2.25. The van der Waals surface area contributed by atoms with E-state index in [9.17, 15) is 0 Å². The highest BCUT2D eigenvalue weighted by atomic mass is 16.3. The fraction of sp³-hybridized carbons (Fsp3) is 0.600. The molecule has 0 saturated heterocycles. The predicted octanol–water partition coefficient (Wildman–Crippen LogP) is 1.70. The van der Waals surface area contributed by atoms with Crippen molar-refractivity contribution in [2.24, 2.45) is 5.73 Å². The Balaban J connectivity index is 2.66. The molecule has 1 aromatic rings. The molecule has 0 aromatic heterocycles. The maximum Gasteiger partial charge on any atom is 0.0445 e. The molecule has 2 atom stereocenters. The summed E-state index contributed by atoms with van der Waals surface area (Å²) in [6.07, 6.45) is 2.69. The Labute approximate surface area is 110 Å². The van der Waals surface area contributed by atoms with Gasteiger partial charge < -0.3 is 16.2 Å². The van der Waals surface area contributed by atoms with Crippen LogP contribution in [-0.2, 0) is 6.42 Å². The summed E-state index contributed by atoms with van der Waals surface area (Å²) in [4.78, 5) is 0. The molecule has 0 fully saturated rings. The second-order valence-corrected chi connectivity index (χ2v) is 5.19. The fourth-order valence-corrected chi connectivity index (χ4v) is 2.26. The topological polar surface area (TPSA) is 58.3 Å². The van der Waals surface area contributed by atoms with Gasteiger partial charge in [-0.05, 0) is 31.7 Å². The molecule has 102 valence electrons. The van der Waals surface area contributed by atoms with Gasteiger partial charge in [0.25, 0.3) is 0 Å². The van der Waals surface area contributed by atoms with Crippen LogP contribution < -0.4 is 11.1 Å². The van der Waals surface area contributed by atoms with E-state index in [1.165, 1.54) is 5.56 Å². The van der Waals surface area contributed by atoms with Crippen LogP contribution in [0.25, 0.3) is 0 Å². The van der Waals surface area contributed by atoms with E-state index in [1.54, 1.807) is 0 Å². The van der Waals surface area contributed by atoms with E-state index < -0.39 is 0 Å². The summed E-state index contributed by atoms with van der Waals surface area (Å²) in [7, 11) is 0. The molecule has 0 aliphatic rings. The molecule has 1 rings (SSSR count). The van der Waals surface area contributed by atoms with Crippen molar-refractivity contribution < 1.29 is 5.11 Å². The lowest BCUT2D eigenvalue weighted by Gasteiger charge is -2.34. The number of hydrogen-bond donors (Lipinski definition) is 3. The number of nitrogens with one attached hydrogen (secondary N) is 1. The molecule has 0 radical (unpaired) electrons. The average Bonchev–Trinajstić information content (AvgIpc) is 2.39. The summed E-state index contributed by atoms with van der Waals surface area (Å²) in [5, 5.41) is 12.7. The zero-order valence-corrected chi connectivity index (χ0v) is 11.5. The number of benzene rings is 1. The van der Waals surface area contributed by atoms with Crippen LogP contribution in [0.4, 0.5) is 0 Å². The number of rotatable bonds is 8. The van der Waals surface area contributed by atoms with Crippen LogP contribution in [0.15, 0.2) is 30.3 Å². The van der Waals surface area contributed by atoms with E-state index in [-0.39, 0.29) is 12.1 Å².